The summed E-state index contributed by atoms with van der Waals surface area (Å²) in [4.78, 5) is 0.284. The predicted octanol–water partition coefficient (Wildman–Crippen LogP) is 6.13. The van der Waals surface area contributed by atoms with E-state index < -0.39 is 26.6 Å². The van der Waals surface area contributed by atoms with Crippen LogP contribution in [-0.2, 0) is 14.6 Å². The molecule has 1 aromatic rings. The second-order valence-corrected chi connectivity index (χ2v) is 17.7. The van der Waals surface area contributed by atoms with Gasteiger partial charge in [-0.15, -0.1) is 0 Å². The molecule has 0 aliphatic heterocycles. The first kappa shape index (κ1) is 29.1. The highest BCUT2D eigenvalue weighted by Crippen LogP contribution is 2.82. The van der Waals surface area contributed by atoms with Crippen LogP contribution in [0.4, 0.5) is 0 Å². The average Bonchev–Trinajstić information content (AvgIpc) is 3.42. The standard InChI is InChI=1S/C34H52O5S/c1-21(30(28(20-35)31(2,3)36)40(37,38)23-10-8-7-9-11-23)25-12-13-26-24-18-29(39-6)34-19-22(34)14-17-33(34,5)27(24)15-16-32(25,26)4/h7-11,21-22,24-30,35-36H,12-20H2,1-6H3/t21-,22+,24-,25+,26-,27-,28-,29+,30-,32+,33+,34-/m0/s1. The van der Waals surface area contributed by atoms with Crippen molar-refractivity contribution < 1.29 is 23.4 Å². The van der Waals surface area contributed by atoms with Gasteiger partial charge in [0, 0.05) is 25.0 Å². The summed E-state index contributed by atoms with van der Waals surface area (Å²) in [5, 5.41) is 20.8. The first-order valence-electron chi connectivity index (χ1n) is 15.9. The van der Waals surface area contributed by atoms with E-state index in [2.05, 4.69) is 20.8 Å². The third-order valence-electron chi connectivity index (χ3n) is 14.0. The van der Waals surface area contributed by atoms with Crippen LogP contribution in [0, 0.1) is 57.7 Å². The zero-order valence-corrected chi connectivity index (χ0v) is 26.3. The summed E-state index contributed by atoms with van der Waals surface area (Å²) >= 11 is 0. The molecule has 5 nitrogen and oxygen atoms in total. The highest BCUT2D eigenvalue weighted by atomic mass is 32.2. The number of aliphatic hydroxyl groups is 2. The van der Waals surface area contributed by atoms with Gasteiger partial charge in [0.05, 0.1) is 21.9 Å². The summed E-state index contributed by atoms with van der Waals surface area (Å²) in [5.41, 5.74) is -0.509. The van der Waals surface area contributed by atoms with Crippen molar-refractivity contribution in [3.8, 4) is 0 Å². The maximum absolute atomic E-state index is 14.3. The van der Waals surface area contributed by atoms with Crippen molar-refractivity contribution in [2.45, 2.75) is 108 Å². The number of ether oxygens (including phenoxy) is 1. The van der Waals surface area contributed by atoms with Gasteiger partial charge in [-0.25, -0.2) is 8.42 Å². The van der Waals surface area contributed by atoms with Gasteiger partial charge in [0.2, 0.25) is 0 Å². The molecule has 5 aliphatic rings. The molecule has 0 amide bonds. The molecule has 1 spiro atoms. The lowest BCUT2D eigenvalue weighted by Gasteiger charge is -2.61. The van der Waals surface area contributed by atoms with Crippen molar-refractivity contribution in [2.75, 3.05) is 13.7 Å². The van der Waals surface area contributed by atoms with Gasteiger partial charge in [-0.2, -0.15) is 0 Å². The van der Waals surface area contributed by atoms with Crippen LogP contribution in [0.1, 0.15) is 86.0 Å². The number of sulfone groups is 1. The number of aliphatic hydroxyl groups excluding tert-OH is 1. The fourth-order valence-electron chi connectivity index (χ4n) is 12.1. The van der Waals surface area contributed by atoms with Crippen molar-refractivity contribution in [1.29, 1.82) is 0 Å². The molecule has 0 unspecified atom stereocenters. The molecule has 0 saturated heterocycles. The van der Waals surface area contributed by atoms with E-state index in [1.807, 2.05) is 13.2 Å². The monoisotopic (exact) mass is 572 g/mol. The summed E-state index contributed by atoms with van der Waals surface area (Å²) in [7, 11) is -1.87. The Morgan fingerprint density at radius 2 is 1.75 bits per heavy atom. The number of rotatable bonds is 8. The quantitative estimate of drug-likeness (QED) is 0.392. The Morgan fingerprint density at radius 1 is 1.05 bits per heavy atom. The van der Waals surface area contributed by atoms with Gasteiger partial charge in [0.1, 0.15) is 0 Å². The maximum atomic E-state index is 14.3. The molecule has 6 heteroatoms. The van der Waals surface area contributed by atoms with Crippen molar-refractivity contribution >= 4 is 9.84 Å². The number of hydrogen-bond donors (Lipinski definition) is 2. The van der Waals surface area contributed by atoms with Gasteiger partial charge in [0.15, 0.2) is 9.84 Å². The first-order valence-corrected chi connectivity index (χ1v) is 17.5. The molecule has 6 rings (SSSR count). The second-order valence-electron chi connectivity index (χ2n) is 15.6. The highest BCUT2D eigenvalue weighted by molar-refractivity contribution is 7.92. The van der Waals surface area contributed by atoms with Crippen molar-refractivity contribution in [3.05, 3.63) is 30.3 Å². The van der Waals surface area contributed by atoms with E-state index in [-0.39, 0.29) is 28.8 Å². The van der Waals surface area contributed by atoms with Gasteiger partial charge >= 0.3 is 0 Å². The summed E-state index contributed by atoms with van der Waals surface area (Å²) in [6.45, 7) is 10.1. The molecule has 0 bridgehead atoms. The Balaban J connectivity index is 1.35. The van der Waals surface area contributed by atoms with E-state index in [9.17, 15) is 18.6 Å². The zero-order chi connectivity index (χ0) is 28.9. The minimum Gasteiger partial charge on any atom is -0.396 e. The Hall–Kier alpha value is -0.950. The lowest BCUT2D eigenvalue weighted by Crippen LogP contribution is -2.57. The van der Waals surface area contributed by atoms with Gasteiger partial charge in [-0.3, -0.25) is 0 Å². The zero-order valence-electron chi connectivity index (χ0n) is 25.5. The number of methoxy groups -OCH3 is 1. The van der Waals surface area contributed by atoms with Crippen LogP contribution in [0.25, 0.3) is 0 Å². The van der Waals surface area contributed by atoms with Crippen LogP contribution in [0.5, 0.6) is 0 Å². The van der Waals surface area contributed by atoms with Crippen LogP contribution in [0.2, 0.25) is 0 Å². The Labute approximate surface area is 242 Å². The van der Waals surface area contributed by atoms with Crippen LogP contribution in [0.3, 0.4) is 0 Å². The molecule has 5 fully saturated rings. The molecule has 1 aromatic carbocycles. The highest BCUT2D eigenvalue weighted by Gasteiger charge is 2.77. The maximum Gasteiger partial charge on any atom is 0.181 e. The largest absolute Gasteiger partial charge is 0.396 e. The number of benzene rings is 1. The third-order valence-corrected chi connectivity index (χ3v) is 16.4. The first-order chi connectivity index (χ1) is 18.8. The molecular weight excluding hydrogens is 520 g/mol. The normalized spacial score (nSPS) is 44.6. The van der Waals surface area contributed by atoms with Gasteiger partial charge in [0.25, 0.3) is 0 Å². The average molecular weight is 573 g/mol. The molecule has 12 atom stereocenters. The van der Waals surface area contributed by atoms with E-state index in [1.54, 1.807) is 38.1 Å². The molecule has 2 N–H and O–H groups in total. The van der Waals surface area contributed by atoms with Crippen LogP contribution in [0.15, 0.2) is 35.2 Å². The number of hydrogen-bond acceptors (Lipinski definition) is 5. The number of fused-ring (bicyclic) bond motifs is 4. The molecule has 0 radical (unpaired) electrons. The lowest BCUT2D eigenvalue weighted by atomic mass is 9.45. The molecule has 224 valence electrons. The van der Waals surface area contributed by atoms with Crippen molar-refractivity contribution in [3.63, 3.8) is 0 Å². The van der Waals surface area contributed by atoms with E-state index in [4.69, 9.17) is 4.74 Å². The summed E-state index contributed by atoms with van der Waals surface area (Å²) in [5.74, 6) is 2.05. The molecular formula is C34H52O5S. The van der Waals surface area contributed by atoms with E-state index in [0.29, 0.717) is 28.8 Å². The van der Waals surface area contributed by atoms with Gasteiger partial charge in [-0.05, 0) is 124 Å². The minimum atomic E-state index is -3.80. The van der Waals surface area contributed by atoms with E-state index in [1.165, 1.54) is 25.7 Å². The summed E-state index contributed by atoms with van der Waals surface area (Å²) in [6.07, 6.45) is 10.1. The predicted molar refractivity (Wildman–Crippen MR) is 157 cm³/mol. The Bertz CT molecular complexity index is 1210. The van der Waals surface area contributed by atoms with Crippen molar-refractivity contribution in [1.82, 2.24) is 0 Å². The smallest absolute Gasteiger partial charge is 0.181 e. The SMILES string of the molecule is CO[C@@H]1C[C@H]2[C@@H]3CC[C@H]([C@H](C)[C@@H]([C@H](CO)C(C)(C)O)S(=O)(=O)c4ccccc4)[C@@]3(C)CC[C@@H]2[C@@]2(C)CC[C@@H]3C[C@]312. The fraction of sp³-hybridized carbons (Fsp3) is 0.824. The second kappa shape index (κ2) is 9.53. The fourth-order valence-corrected chi connectivity index (χ4v) is 14.5. The molecule has 0 aromatic heterocycles. The van der Waals surface area contributed by atoms with Crippen LogP contribution < -0.4 is 0 Å². The van der Waals surface area contributed by atoms with Crippen LogP contribution >= 0.6 is 0 Å². The molecule has 5 aliphatic carbocycles. The van der Waals surface area contributed by atoms with E-state index in [0.717, 1.165) is 37.5 Å². The summed E-state index contributed by atoms with van der Waals surface area (Å²) in [6, 6.07) is 8.67. The summed E-state index contributed by atoms with van der Waals surface area (Å²) < 4.78 is 34.9. The molecule has 40 heavy (non-hydrogen) atoms. The van der Waals surface area contributed by atoms with Gasteiger partial charge in [-0.1, -0.05) is 39.0 Å². The van der Waals surface area contributed by atoms with E-state index >= 15 is 0 Å². The van der Waals surface area contributed by atoms with Crippen LogP contribution in [-0.4, -0.2) is 49.3 Å². The third kappa shape index (κ3) is 3.84. The topological polar surface area (TPSA) is 83.8 Å². The Kier molecular flexibility index (Phi) is 6.94. The van der Waals surface area contributed by atoms with Crippen molar-refractivity contribution in [2.24, 2.45) is 57.7 Å². The molecule has 5 saturated carbocycles. The Morgan fingerprint density at radius 3 is 2.35 bits per heavy atom. The minimum absolute atomic E-state index is 0.0470. The lowest BCUT2D eigenvalue weighted by molar-refractivity contribution is -0.161. The molecule has 0 heterocycles. The van der Waals surface area contributed by atoms with Gasteiger partial charge < -0.3 is 14.9 Å².